The van der Waals surface area contributed by atoms with Crippen molar-refractivity contribution in [3.63, 3.8) is 0 Å². The van der Waals surface area contributed by atoms with Crippen LogP contribution >= 0.6 is 23.7 Å². The fourth-order valence-corrected chi connectivity index (χ4v) is 4.85. The van der Waals surface area contributed by atoms with E-state index in [1.807, 2.05) is 0 Å². The lowest BCUT2D eigenvalue weighted by atomic mass is 9.95. The molecule has 8 heteroatoms. The van der Waals surface area contributed by atoms with Gasteiger partial charge in [0.2, 0.25) is 5.91 Å². The van der Waals surface area contributed by atoms with Crippen molar-refractivity contribution in [1.29, 1.82) is 0 Å². The molecule has 2 saturated heterocycles. The highest BCUT2D eigenvalue weighted by atomic mass is 35.5. The third-order valence-electron chi connectivity index (χ3n) is 5.52. The van der Waals surface area contributed by atoms with Crippen molar-refractivity contribution in [1.82, 2.24) is 20.6 Å². The molecule has 6 nitrogen and oxygen atoms in total. The lowest BCUT2D eigenvalue weighted by Crippen LogP contribution is -2.44. The summed E-state index contributed by atoms with van der Waals surface area (Å²) in [6, 6.07) is 0.309. The van der Waals surface area contributed by atoms with Gasteiger partial charge in [0.1, 0.15) is 17.0 Å². The van der Waals surface area contributed by atoms with Crippen LogP contribution in [0.25, 0.3) is 10.2 Å². The molecule has 0 aromatic carbocycles. The normalized spacial score (nSPS) is 21.0. The summed E-state index contributed by atoms with van der Waals surface area (Å²) in [6.45, 7) is 7.95. The number of aromatic nitrogens is 2. The van der Waals surface area contributed by atoms with Gasteiger partial charge in [-0.05, 0) is 45.2 Å². The minimum absolute atomic E-state index is 0. The maximum absolute atomic E-state index is 12.5. The minimum Gasteiger partial charge on any atom is -0.356 e. The molecule has 2 aromatic heterocycles. The SMILES string of the molecule is Cc1sc2ncnc(N3CCC(C(=O)NC4CCNC4)CC3)c2c1C.Cl. The van der Waals surface area contributed by atoms with Gasteiger partial charge in [0.05, 0.1) is 5.39 Å². The van der Waals surface area contributed by atoms with E-state index in [1.165, 1.54) is 15.8 Å². The van der Waals surface area contributed by atoms with Crippen LogP contribution in [-0.4, -0.2) is 48.1 Å². The van der Waals surface area contributed by atoms with E-state index >= 15 is 0 Å². The van der Waals surface area contributed by atoms with Crippen LogP contribution in [0.5, 0.6) is 0 Å². The first-order valence-electron chi connectivity index (χ1n) is 9.10. The average molecular weight is 396 g/mol. The summed E-state index contributed by atoms with van der Waals surface area (Å²) in [7, 11) is 0. The summed E-state index contributed by atoms with van der Waals surface area (Å²) in [4.78, 5) is 26.2. The molecule has 0 spiro atoms. The molecule has 1 atom stereocenters. The van der Waals surface area contributed by atoms with Crippen LogP contribution in [-0.2, 0) is 4.79 Å². The first-order chi connectivity index (χ1) is 12.1. The van der Waals surface area contributed by atoms with Gasteiger partial charge < -0.3 is 15.5 Å². The van der Waals surface area contributed by atoms with Gasteiger partial charge in [0.25, 0.3) is 0 Å². The van der Waals surface area contributed by atoms with E-state index in [-0.39, 0.29) is 24.2 Å². The Balaban J connectivity index is 0.00000196. The number of amides is 1. The Kier molecular flexibility index (Phi) is 5.99. The number of fused-ring (bicyclic) bond motifs is 1. The van der Waals surface area contributed by atoms with Crippen LogP contribution in [0.2, 0.25) is 0 Å². The van der Waals surface area contributed by atoms with Crippen molar-refractivity contribution in [2.24, 2.45) is 5.92 Å². The van der Waals surface area contributed by atoms with Crippen molar-refractivity contribution in [3.05, 3.63) is 16.8 Å². The summed E-state index contributed by atoms with van der Waals surface area (Å²) in [5.41, 5.74) is 1.28. The van der Waals surface area contributed by atoms with Crippen LogP contribution in [0.3, 0.4) is 0 Å². The number of anilines is 1. The average Bonchev–Trinajstić information content (AvgIpc) is 3.23. The van der Waals surface area contributed by atoms with Crippen LogP contribution in [0.15, 0.2) is 6.33 Å². The van der Waals surface area contributed by atoms with E-state index in [0.29, 0.717) is 6.04 Å². The number of thiophene rings is 1. The lowest BCUT2D eigenvalue weighted by Gasteiger charge is -2.33. The Hall–Kier alpha value is -1.44. The van der Waals surface area contributed by atoms with Gasteiger partial charge in [-0.15, -0.1) is 23.7 Å². The lowest BCUT2D eigenvalue weighted by molar-refractivity contribution is -0.126. The molecular weight excluding hydrogens is 370 g/mol. The van der Waals surface area contributed by atoms with Gasteiger partial charge in [-0.25, -0.2) is 9.97 Å². The predicted octanol–water partition coefficient (Wildman–Crippen LogP) is 2.42. The van der Waals surface area contributed by atoms with Gasteiger partial charge in [-0.1, -0.05) is 0 Å². The molecule has 142 valence electrons. The molecule has 0 radical (unpaired) electrons. The third-order valence-corrected chi connectivity index (χ3v) is 6.63. The Labute approximate surface area is 164 Å². The van der Waals surface area contributed by atoms with Crippen LogP contribution in [0.1, 0.15) is 29.7 Å². The fourth-order valence-electron chi connectivity index (χ4n) is 3.85. The molecule has 26 heavy (non-hydrogen) atoms. The Morgan fingerprint density at radius 2 is 2.04 bits per heavy atom. The van der Waals surface area contributed by atoms with E-state index in [2.05, 4.69) is 39.3 Å². The van der Waals surface area contributed by atoms with Crippen molar-refractivity contribution in [2.45, 2.75) is 39.2 Å². The highest BCUT2D eigenvalue weighted by molar-refractivity contribution is 7.18. The second-order valence-electron chi connectivity index (χ2n) is 7.12. The van der Waals surface area contributed by atoms with Crippen molar-refractivity contribution < 1.29 is 4.79 Å². The number of hydrogen-bond donors (Lipinski definition) is 2. The summed E-state index contributed by atoms with van der Waals surface area (Å²) in [6.07, 6.45) is 4.48. The van der Waals surface area contributed by atoms with Crippen molar-refractivity contribution in [3.8, 4) is 0 Å². The van der Waals surface area contributed by atoms with Gasteiger partial charge in [0.15, 0.2) is 0 Å². The van der Waals surface area contributed by atoms with E-state index in [1.54, 1.807) is 17.7 Å². The number of nitrogens with one attached hydrogen (secondary N) is 2. The summed E-state index contributed by atoms with van der Waals surface area (Å²) >= 11 is 1.73. The quantitative estimate of drug-likeness (QED) is 0.835. The number of aryl methyl sites for hydroxylation is 2. The fraction of sp³-hybridized carbons (Fsp3) is 0.611. The van der Waals surface area contributed by atoms with Crippen molar-refractivity contribution in [2.75, 3.05) is 31.1 Å². The molecule has 1 unspecified atom stereocenters. The van der Waals surface area contributed by atoms with E-state index in [0.717, 1.165) is 56.1 Å². The zero-order valence-electron chi connectivity index (χ0n) is 15.2. The summed E-state index contributed by atoms with van der Waals surface area (Å²) < 4.78 is 0. The Bertz CT molecular complexity index is 781. The number of piperidine rings is 1. The zero-order valence-corrected chi connectivity index (χ0v) is 16.9. The number of carbonyl (C=O) groups is 1. The van der Waals surface area contributed by atoms with Crippen LogP contribution in [0, 0.1) is 19.8 Å². The highest BCUT2D eigenvalue weighted by Gasteiger charge is 2.29. The van der Waals surface area contributed by atoms with Gasteiger partial charge in [-0.3, -0.25) is 4.79 Å². The van der Waals surface area contributed by atoms with Gasteiger partial charge in [0, 0.05) is 36.5 Å². The van der Waals surface area contributed by atoms with Crippen LogP contribution in [0.4, 0.5) is 5.82 Å². The maximum Gasteiger partial charge on any atom is 0.223 e. The summed E-state index contributed by atoms with van der Waals surface area (Å²) in [5.74, 6) is 1.38. The summed E-state index contributed by atoms with van der Waals surface area (Å²) in [5, 5.41) is 7.68. The smallest absolute Gasteiger partial charge is 0.223 e. The molecule has 1 amide bonds. The van der Waals surface area contributed by atoms with Crippen molar-refractivity contribution >= 4 is 45.7 Å². The monoisotopic (exact) mass is 395 g/mol. The molecule has 2 aliphatic rings. The molecule has 2 fully saturated rings. The molecule has 4 heterocycles. The molecular formula is C18H26ClN5OS. The third kappa shape index (κ3) is 3.66. The highest BCUT2D eigenvalue weighted by Crippen LogP contribution is 2.35. The maximum atomic E-state index is 12.5. The minimum atomic E-state index is 0. The molecule has 4 rings (SSSR count). The molecule has 2 aromatic rings. The number of rotatable bonds is 3. The first-order valence-corrected chi connectivity index (χ1v) is 9.92. The number of carbonyl (C=O) groups excluding carboxylic acids is 1. The van der Waals surface area contributed by atoms with E-state index in [9.17, 15) is 4.79 Å². The van der Waals surface area contributed by atoms with Crippen LogP contribution < -0.4 is 15.5 Å². The number of nitrogens with zero attached hydrogens (tertiary/aromatic N) is 3. The number of halogens is 1. The standard InChI is InChI=1S/C18H25N5OS.ClH/c1-11-12(2)25-18-15(11)16(20-10-21-18)23-7-4-13(5-8-23)17(24)22-14-3-6-19-9-14;/h10,13-14,19H,3-9H2,1-2H3,(H,22,24);1H. The predicted molar refractivity (Wildman–Crippen MR) is 108 cm³/mol. The van der Waals surface area contributed by atoms with E-state index < -0.39 is 0 Å². The molecule has 2 N–H and O–H groups in total. The zero-order chi connectivity index (χ0) is 17.4. The topological polar surface area (TPSA) is 70.2 Å². The molecule has 0 aliphatic carbocycles. The Morgan fingerprint density at radius 1 is 1.27 bits per heavy atom. The van der Waals surface area contributed by atoms with Gasteiger partial charge in [-0.2, -0.15) is 0 Å². The molecule has 0 saturated carbocycles. The second kappa shape index (κ2) is 8.06. The Morgan fingerprint density at radius 3 is 2.73 bits per heavy atom. The van der Waals surface area contributed by atoms with E-state index in [4.69, 9.17) is 0 Å². The largest absolute Gasteiger partial charge is 0.356 e. The number of hydrogen-bond acceptors (Lipinski definition) is 6. The molecule has 2 aliphatic heterocycles. The second-order valence-corrected chi connectivity index (χ2v) is 8.32. The first kappa shape index (κ1) is 19.3. The van der Waals surface area contributed by atoms with Gasteiger partial charge >= 0.3 is 0 Å². The molecule has 0 bridgehead atoms.